The van der Waals surface area contributed by atoms with Crippen molar-refractivity contribution in [2.24, 2.45) is 0 Å². The number of furan rings is 1. The zero-order valence-corrected chi connectivity index (χ0v) is 15.5. The average molecular weight is 352 g/mol. The number of ether oxygens (including phenoxy) is 1. The van der Waals surface area contributed by atoms with Crippen LogP contribution in [0.15, 0.2) is 28.7 Å². The third-order valence-corrected chi connectivity index (χ3v) is 5.40. The van der Waals surface area contributed by atoms with E-state index in [4.69, 9.17) is 14.3 Å². The molecule has 136 valence electrons. The summed E-state index contributed by atoms with van der Waals surface area (Å²) in [6.07, 6.45) is 3.05. The topological polar surface area (TPSA) is 59.7 Å². The van der Waals surface area contributed by atoms with E-state index in [1.165, 1.54) is 5.56 Å². The summed E-state index contributed by atoms with van der Waals surface area (Å²) in [6.45, 7) is 7.25. The Labute approximate surface area is 154 Å². The van der Waals surface area contributed by atoms with Crippen molar-refractivity contribution in [3.63, 3.8) is 0 Å². The molecule has 0 amide bonds. The van der Waals surface area contributed by atoms with Crippen LogP contribution in [0.25, 0.3) is 0 Å². The van der Waals surface area contributed by atoms with Crippen LogP contribution < -0.4 is 4.74 Å². The van der Waals surface area contributed by atoms with Gasteiger partial charge in [0, 0.05) is 16.5 Å². The van der Waals surface area contributed by atoms with E-state index in [2.05, 4.69) is 37.8 Å². The molecule has 1 aromatic carbocycles. The summed E-state index contributed by atoms with van der Waals surface area (Å²) in [7, 11) is 0. The van der Waals surface area contributed by atoms with Crippen LogP contribution >= 0.6 is 0 Å². The first-order valence-electron chi connectivity index (χ1n) is 9.08. The lowest BCUT2D eigenvalue weighted by atomic mass is 9.71. The molecule has 1 N–H and O–H groups in total. The summed E-state index contributed by atoms with van der Waals surface area (Å²) < 4.78 is 11.4. The highest BCUT2D eigenvalue weighted by atomic mass is 16.5. The van der Waals surface area contributed by atoms with Crippen molar-refractivity contribution >= 4 is 5.97 Å². The smallest absolute Gasteiger partial charge is 0.311 e. The van der Waals surface area contributed by atoms with Gasteiger partial charge in [-0.15, -0.1) is 0 Å². The molecule has 1 aliphatic rings. The Balaban J connectivity index is 1.95. The molecule has 0 fully saturated rings. The van der Waals surface area contributed by atoms with Crippen LogP contribution in [0.2, 0.25) is 0 Å². The van der Waals surface area contributed by atoms with Gasteiger partial charge in [-0.2, -0.15) is 0 Å². The van der Waals surface area contributed by atoms with Crippen LogP contribution in [0.5, 0.6) is 5.75 Å². The number of hydrogen-bond acceptors (Lipinski definition) is 3. The monoisotopic (exact) mass is 352 g/mol. The normalized spacial score (nSPS) is 14.7. The van der Waals surface area contributed by atoms with Gasteiger partial charge in [-0.25, -0.2) is 0 Å². The number of benzene rings is 1. The maximum atomic E-state index is 10.7. The van der Waals surface area contributed by atoms with Crippen molar-refractivity contribution in [3.8, 4) is 17.6 Å². The van der Waals surface area contributed by atoms with Crippen LogP contribution in [-0.4, -0.2) is 17.7 Å². The van der Waals surface area contributed by atoms with Crippen LogP contribution in [0.3, 0.4) is 0 Å². The fourth-order valence-electron chi connectivity index (χ4n) is 3.64. The first kappa shape index (κ1) is 18.1. The Morgan fingerprint density at radius 3 is 2.69 bits per heavy atom. The van der Waals surface area contributed by atoms with Crippen molar-refractivity contribution < 1.29 is 19.1 Å². The fraction of sp³-hybridized carbons (Fsp3) is 0.409. The second-order valence-electron chi connectivity index (χ2n) is 6.84. The predicted molar refractivity (Wildman–Crippen MR) is 99.6 cm³/mol. The van der Waals surface area contributed by atoms with Crippen molar-refractivity contribution in [1.29, 1.82) is 0 Å². The van der Waals surface area contributed by atoms with Crippen LogP contribution in [0.4, 0.5) is 0 Å². The molecule has 0 unspecified atom stereocenters. The number of hydrogen-bond donors (Lipinski definition) is 1. The van der Waals surface area contributed by atoms with Gasteiger partial charge >= 0.3 is 5.97 Å². The van der Waals surface area contributed by atoms with E-state index in [-0.39, 0.29) is 11.8 Å². The van der Waals surface area contributed by atoms with Crippen molar-refractivity contribution in [2.45, 2.75) is 51.9 Å². The summed E-state index contributed by atoms with van der Waals surface area (Å²) >= 11 is 0. The van der Waals surface area contributed by atoms with E-state index < -0.39 is 5.97 Å². The number of rotatable bonds is 4. The summed E-state index contributed by atoms with van der Waals surface area (Å²) in [5.41, 5.74) is 3.42. The molecule has 0 atom stereocenters. The van der Waals surface area contributed by atoms with Gasteiger partial charge in [0.2, 0.25) is 0 Å². The van der Waals surface area contributed by atoms with Crippen LogP contribution in [0, 0.1) is 18.8 Å². The van der Waals surface area contributed by atoms with Gasteiger partial charge in [-0.1, -0.05) is 19.8 Å². The molecule has 0 saturated heterocycles. The Morgan fingerprint density at radius 1 is 1.23 bits per heavy atom. The van der Waals surface area contributed by atoms with E-state index in [9.17, 15) is 4.79 Å². The summed E-state index contributed by atoms with van der Waals surface area (Å²) in [4.78, 5) is 10.7. The number of fused-ring (bicyclic) bond motifs is 1. The van der Waals surface area contributed by atoms with E-state index in [0.717, 1.165) is 42.7 Å². The molecular formula is C22H24O4. The highest BCUT2D eigenvalue weighted by Crippen LogP contribution is 2.44. The first-order chi connectivity index (χ1) is 12.5. The van der Waals surface area contributed by atoms with Gasteiger partial charge < -0.3 is 14.3 Å². The molecule has 0 radical (unpaired) electrons. The number of aryl methyl sites for hydroxylation is 1. The van der Waals surface area contributed by atoms with Crippen LogP contribution in [0.1, 0.15) is 61.3 Å². The SMILES string of the molecule is CCC1(CC)CCOc2cc(C)c(C#Cc3ccc(CC(=O)O)o3)cc21. The number of carboxylic acids is 1. The molecule has 2 heterocycles. The Morgan fingerprint density at radius 2 is 2.00 bits per heavy atom. The molecule has 26 heavy (non-hydrogen) atoms. The van der Waals surface area contributed by atoms with Crippen molar-refractivity contribution in [2.75, 3.05) is 6.61 Å². The minimum atomic E-state index is -0.917. The van der Waals surface area contributed by atoms with E-state index >= 15 is 0 Å². The Kier molecular flexibility index (Phi) is 5.08. The molecule has 1 aromatic heterocycles. The fourth-order valence-corrected chi connectivity index (χ4v) is 3.64. The van der Waals surface area contributed by atoms with Crippen molar-refractivity contribution in [1.82, 2.24) is 0 Å². The van der Waals surface area contributed by atoms with E-state index in [1.54, 1.807) is 12.1 Å². The summed E-state index contributed by atoms with van der Waals surface area (Å²) in [6, 6.07) is 7.61. The lowest BCUT2D eigenvalue weighted by Crippen LogP contribution is -2.32. The third-order valence-electron chi connectivity index (χ3n) is 5.40. The quantitative estimate of drug-likeness (QED) is 0.826. The second-order valence-corrected chi connectivity index (χ2v) is 6.84. The van der Waals surface area contributed by atoms with Crippen molar-refractivity contribution in [3.05, 3.63) is 52.5 Å². The largest absolute Gasteiger partial charge is 0.493 e. The Hall–Kier alpha value is -2.67. The Bertz CT molecular complexity index is 875. The molecule has 0 saturated carbocycles. The van der Waals surface area contributed by atoms with Gasteiger partial charge in [0.25, 0.3) is 0 Å². The minimum Gasteiger partial charge on any atom is -0.493 e. The molecule has 1 aliphatic heterocycles. The maximum absolute atomic E-state index is 10.7. The zero-order valence-electron chi connectivity index (χ0n) is 15.5. The lowest BCUT2D eigenvalue weighted by molar-refractivity contribution is -0.136. The predicted octanol–water partition coefficient (Wildman–Crippen LogP) is 4.46. The van der Waals surface area contributed by atoms with Gasteiger partial charge in [-0.05, 0) is 61.9 Å². The molecule has 4 nitrogen and oxygen atoms in total. The van der Waals surface area contributed by atoms with Gasteiger partial charge in [0.1, 0.15) is 17.9 Å². The number of aliphatic carboxylic acids is 1. The third kappa shape index (κ3) is 3.48. The molecule has 0 spiro atoms. The molecule has 0 bridgehead atoms. The van der Waals surface area contributed by atoms with Gasteiger partial charge in [-0.3, -0.25) is 4.79 Å². The van der Waals surface area contributed by atoms with E-state index in [0.29, 0.717) is 11.5 Å². The molecule has 4 heteroatoms. The van der Waals surface area contributed by atoms with E-state index in [1.807, 2.05) is 6.92 Å². The molecular weight excluding hydrogens is 328 g/mol. The number of carboxylic acid groups (broad SMARTS) is 1. The zero-order chi connectivity index (χ0) is 18.7. The second kappa shape index (κ2) is 7.29. The highest BCUT2D eigenvalue weighted by Gasteiger charge is 2.35. The summed E-state index contributed by atoms with van der Waals surface area (Å²) in [5.74, 6) is 7.15. The molecule has 0 aliphatic carbocycles. The molecule has 3 rings (SSSR count). The number of carbonyl (C=O) groups is 1. The maximum Gasteiger partial charge on any atom is 0.311 e. The van der Waals surface area contributed by atoms with Gasteiger partial charge in [0.15, 0.2) is 5.76 Å². The van der Waals surface area contributed by atoms with Crippen LogP contribution in [-0.2, 0) is 16.6 Å². The standard InChI is InChI=1S/C22H24O4/c1-4-22(5-2)10-11-25-20-12-15(3)16(13-19(20)22)6-7-17-8-9-18(26-17)14-21(23)24/h8-9,12-13H,4-5,10-11,14H2,1-3H3,(H,23,24). The molecule has 2 aromatic rings. The summed E-state index contributed by atoms with van der Waals surface area (Å²) in [5, 5.41) is 8.82. The first-order valence-corrected chi connectivity index (χ1v) is 9.08. The average Bonchev–Trinajstić information content (AvgIpc) is 3.06. The highest BCUT2D eigenvalue weighted by molar-refractivity contribution is 5.69. The minimum absolute atomic E-state index is 0.133. The lowest BCUT2D eigenvalue weighted by Gasteiger charge is -2.38. The van der Waals surface area contributed by atoms with Gasteiger partial charge in [0.05, 0.1) is 6.61 Å².